The van der Waals surface area contributed by atoms with E-state index in [2.05, 4.69) is 49.7 Å². The maximum atomic E-state index is 4.71. The van der Waals surface area contributed by atoms with Crippen molar-refractivity contribution in [2.24, 2.45) is 0 Å². The second-order valence-corrected chi connectivity index (χ2v) is 5.50. The van der Waals surface area contributed by atoms with Gasteiger partial charge in [0.25, 0.3) is 0 Å². The molecule has 0 aliphatic heterocycles. The molecule has 0 bridgehead atoms. The van der Waals surface area contributed by atoms with Crippen molar-refractivity contribution in [3.63, 3.8) is 0 Å². The molecule has 0 unspecified atom stereocenters. The number of aromatic nitrogens is 1. The molecular weight excluding hydrogens is 240 g/mol. The quantitative estimate of drug-likeness (QED) is 0.824. The molecule has 1 aromatic carbocycles. The van der Waals surface area contributed by atoms with Crippen LogP contribution in [0.25, 0.3) is 10.6 Å². The van der Waals surface area contributed by atoms with Crippen molar-refractivity contribution < 1.29 is 0 Å². The van der Waals surface area contributed by atoms with Crippen molar-refractivity contribution in [1.29, 1.82) is 0 Å². The molecule has 3 heteroatoms. The van der Waals surface area contributed by atoms with Gasteiger partial charge in [0.2, 0.25) is 0 Å². The summed E-state index contributed by atoms with van der Waals surface area (Å²) in [6.07, 6.45) is 1.16. The highest BCUT2D eigenvalue weighted by Crippen LogP contribution is 2.27. The Balaban J connectivity index is 2.16. The van der Waals surface area contributed by atoms with E-state index in [0.717, 1.165) is 30.2 Å². The average molecular weight is 260 g/mol. The van der Waals surface area contributed by atoms with Gasteiger partial charge in [0.05, 0.1) is 5.69 Å². The van der Waals surface area contributed by atoms with Crippen molar-refractivity contribution >= 4 is 11.3 Å². The number of hydrogen-bond acceptors (Lipinski definition) is 3. The summed E-state index contributed by atoms with van der Waals surface area (Å²) in [7, 11) is 0. The van der Waals surface area contributed by atoms with Crippen LogP contribution in [0, 0.1) is 13.8 Å². The Labute approximate surface area is 113 Å². The first kappa shape index (κ1) is 13.2. The summed E-state index contributed by atoms with van der Waals surface area (Å²) in [5.41, 5.74) is 4.99. The lowest BCUT2D eigenvalue weighted by molar-refractivity contribution is 0.667. The summed E-state index contributed by atoms with van der Waals surface area (Å²) in [5.74, 6) is 0. The molecule has 0 atom stereocenters. The molecule has 1 N–H and O–H groups in total. The average Bonchev–Trinajstić information content (AvgIpc) is 2.81. The molecule has 2 nitrogen and oxygen atoms in total. The van der Waals surface area contributed by atoms with Crippen LogP contribution >= 0.6 is 11.3 Å². The third-order valence-electron chi connectivity index (χ3n) is 2.91. The van der Waals surface area contributed by atoms with Gasteiger partial charge in [0.1, 0.15) is 5.01 Å². The van der Waals surface area contributed by atoms with Gasteiger partial charge in [0.15, 0.2) is 0 Å². The van der Waals surface area contributed by atoms with Gasteiger partial charge in [-0.1, -0.05) is 24.6 Å². The molecule has 0 amide bonds. The van der Waals surface area contributed by atoms with E-state index in [1.54, 1.807) is 11.3 Å². The van der Waals surface area contributed by atoms with Crippen molar-refractivity contribution in [2.75, 3.05) is 6.54 Å². The smallest absolute Gasteiger partial charge is 0.123 e. The third kappa shape index (κ3) is 3.18. The lowest BCUT2D eigenvalue weighted by Crippen LogP contribution is -2.13. The summed E-state index contributed by atoms with van der Waals surface area (Å²) in [4.78, 5) is 4.71. The van der Waals surface area contributed by atoms with Crippen molar-refractivity contribution in [3.05, 3.63) is 40.4 Å². The first-order valence-corrected chi connectivity index (χ1v) is 7.31. The van der Waals surface area contributed by atoms with Gasteiger partial charge in [0, 0.05) is 17.5 Å². The minimum Gasteiger partial charge on any atom is -0.311 e. The molecule has 0 saturated carbocycles. The van der Waals surface area contributed by atoms with Crippen molar-refractivity contribution in [3.8, 4) is 10.6 Å². The number of thiazole rings is 1. The van der Waals surface area contributed by atoms with Gasteiger partial charge in [-0.25, -0.2) is 4.98 Å². The predicted octanol–water partition coefficient (Wildman–Crippen LogP) is 3.93. The normalized spacial score (nSPS) is 10.8. The lowest BCUT2D eigenvalue weighted by Gasteiger charge is -2.03. The highest BCUT2D eigenvalue weighted by Gasteiger charge is 2.07. The summed E-state index contributed by atoms with van der Waals surface area (Å²) in [6.45, 7) is 8.37. The van der Waals surface area contributed by atoms with Crippen LogP contribution in [0.15, 0.2) is 23.6 Å². The third-order valence-corrected chi connectivity index (χ3v) is 3.83. The van der Waals surface area contributed by atoms with Crippen molar-refractivity contribution in [2.45, 2.75) is 33.7 Å². The minimum absolute atomic E-state index is 0.870. The van der Waals surface area contributed by atoms with Crippen LogP contribution in [0.2, 0.25) is 0 Å². The monoisotopic (exact) mass is 260 g/mol. The second kappa shape index (κ2) is 6.12. The van der Waals surface area contributed by atoms with Gasteiger partial charge >= 0.3 is 0 Å². The first-order chi connectivity index (χ1) is 8.70. The summed E-state index contributed by atoms with van der Waals surface area (Å²) in [5, 5.41) is 6.67. The molecule has 0 aliphatic rings. The summed E-state index contributed by atoms with van der Waals surface area (Å²) >= 11 is 1.73. The maximum Gasteiger partial charge on any atom is 0.123 e. The summed E-state index contributed by atoms with van der Waals surface area (Å²) < 4.78 is 0. The van der Waals surface area contributed by atoms with Crippen LogP contribution in [0.1, 0.15) is 30.2 Å². The van der Waals surface area contributed by atoms with Gasteiger partial charge in [-0.05, 0) is 38.4 Å². The molecule has 0 radical (unpaired) electrons. The SMILES string of the molecule is CCCNCc1csc(-c2cc(C)ccc2C)n1. The number of benzene rings is 1. The summed E-state index contributed by atoms with van der Waals surface area (Å²) in [6, 6.07) is 6.54. The Morgan fingerprint density at radius 2 is 2.11 bits per heavy atom. The van der Waals surface area contributed by atoms with E-state index in [4.69, 9.17) is 4.98 Å². The number of hydrogen-bond donors (Lipinski definition) is 1. The van der Waals surface area contributed by atoms with E-state index >= 15 is 0 Å². The zero-order valence-corrected chi connectivity index (χ0v) is 12.1. The minimum atomic E-state index is 0.870. The molecule has 96 valence electrons. The van der Waals surface area contributed by atoms with E-state index in [9.17, 15) is 0 Å². The fraction of sp³-hybridized carbons (Fsp3) is 0.400. The number of rotatable bonds is 5. The van der Waals surface area contributed by atoms with Crippen LogP contribution in [0.5, 0.6) is 0 Å². The Morgan fingerprint density at radius 3 is 2.89 bits per heavy atom. The van der Waals surface area contributed by atoms with Gasteiger partial charge < -0.3 is 5.32 Å². The van der Waals surface area contributed by atoms with Crippen LogP contribution < -0.4 is 5.32 Å². The Hall–Kier alpha value is -1.19. The predicted molar refractivity (Wildman–Crippen MR) is 79.0 cm³/mol. The van der Waals surface area contributed by atoms with Gasteiger partial charge in [-0.2, -0.15) is 0 Å². The topological polar surface area (TPSA) is 24.9 Å². The molecule has 1 aromatic heterocycles. The molecule has 18 heavy (non-hydrogen) atoms. The second-order valence-electron chi connectivity index (χ2n) is 4.64. The molecule has 0 saturated heterocycles. The molecular formula is C15H20N2S. The van der Waals surface area contributed by atoms with Crippen LogP contribution in [0.4, 0.5) is 0 Å². The standard InChI is InChI=1S/C15H20N2S/c1-4-7-16-9-13-10-18-15(17-13)14-8-11(2)5-6-12(14)3/h5-6,8,10,16H,4,7,9H2,1-3H3. The van der Waals surface area contributed by atoms with Crippen LogP contribution in [-0.4, -0.2) is 11.5 Å². The Morgan fingerprint density at radius 1 is 1.28 bits per heavy atom. The molecule has 0 aliphatic carbocycles. The molecule has 0 fully saturated rings. The van der Waals surface area contributed by atoms with Gasteiger partial charge in [-0.3, -0.25) is 0 Å². The first-order valence-electron chi connectivity index (χ1n) is 6.43. The van der Waals surface area contributed by atoms with Crippen LogP contribution in [0.3, 0.4) is 0 Å². The lowest BCUT2D eigenvalue weighted by atomic mass is 10.1. The highest BCUT2D eigenvalue weighted by molar-refractivity contribution is 7.13. The number of nitrogens with one attached hydrogen (secondary N) is 1. The largest absolute Gasteiger partial charge is 0.311 e. The van der Waals surface area contributed by atoms with Gasteiger partial charge in [-0.15, -0.1) is 11.3 Å². The fourth-order valence-corrected chi connectivity index (χ4v) is 2.77. The molecule has 1 heterocycles. The fourth-order valence-electron chi connectivity index (χ4n) is 1.87. The molecule has 2 rings (SSSR count). The van der Waals surface area contributed by atoms with E-state index in [-0.39, 0.29) is 0 Å². The number of nitrogens with zero attached hydrogens (tertiary/aromatic N) is 1. The van der Waals surface area contributed by atoms with E-state index in [1.165, 1.54) is 16.7 Å². The zero-order valence-electron chi connectivity index (χ0n) is 11.3. The van der Waals surface area contributed by atoms with E-state index < -0.39 is 0 Å². The Kier molecular flexibility index (Phi) is 4.50. The Bertz CT molecular complexity index is 517. The molecule has 0 spiro atoms. The van der Waals surface area contributed by atoms with Crippen molar-refractivity contribution in [1.82, 2.24) is 10.3 Å². The number of aryl methyl sites for hydroxylation is 2. The van der Waals surface area contributed by atoms with Crippen LogP contribution in [-0.2, 0) is 6.54 Å². The van der Waals surface area contributed by atoms with E-state index in [1.807, 2.05) is 0 Å². The highest BCUT2D eigenvalue weighted by atomic mass is 32.1. The molecule has 2 aromatic rings. The maximum absolute atomic E-state index is 4.71. The van der Waals surface area contributed by atoms with E-state index in [0.29, 0.717) is 0 Å². The zero-order chi connectivity index (χ0) is 13.0.